The van der Waals surface area contributed by atoms with Crippen molar-refractivity contribution in [3.8, 4) is 113 Å². The zero-order valence-electron chi connectivity index (χ0n) is 57.0. The molecule has 10 heteroatoms. The molecule has 0 radical (unpaired) electrons. The van der Waals surface area contributed by atoms with Crippen molar-refractivity contribution in [3.63, 3.8) is 0 Å². The van der Waals surface area contributed by atoms with E-state index in [1.54, 1.807) is 0 Å². The molecule has 0 aliphatic rings. The van der Waals surface area contributed by atoms with E-state index in [1.807, 2.05) is 97.1 Å². The molecule has 0 atom stereocenters. The standard InChI is InChI=1S/C51H32N4O.C45H28N4O/c1-3-13-33(14-4-1)34-23-25-36(26-24-34)50-52-49(35-15-5-2-6-16-35)53-51(54-50)42-19-8-11-21-45(42)55-44-20-10-7-17-39(44)43-31-37(28-30-46(43)55)38-27-29-41-40-18-9-12-22-47(40)56-48(41)32-38;1-3-11-29(12-4-1)30-19-21-32(22-20-30)44-46-43(31-13-5-2-6-14-31)47-45(48-44)49-39-17-9-7-15-35(39)38-27-33(24-26-40(38)49)34-23-25-37-36-16-8-10-18-41(36)50-42(37)28-34/h1-32H;1-28H. The first-order valence-electron chi connectivity index (χ1n) is 35.5. The lowest BCUT2D eigenvalue weighted by Crippen LogP contribution is -2.06. The Morgan fingerprint density at radius 2 is 0.481 bits per heavy atom. The SMILES string of the molecule is c1ccc(-c2ccc(-c3nc(-c4ccccc4)nc(-c4ccccc4-n4c5ccccc5c5cc(-c6ccc7c(c6)oc6ccccc67)ccc54)n3)cc2)cc1.c1ccc(-c2ccc(-c3nc(-c4ccccc4)nc(-n4c5ccccc5c5cc(-c6ccc7c(c6)oc6ccccc67)ccc54)n3)cc2)cc1. The molecular formula is C96H60N8O2. The van der Waals surface area contributed by atoms with Gasteiger partial charge >= 0.3 is 0 Å². The summed E-state index contributed by atoms with van der Waals surface area (Å²) in [5.41, 5.74) is 22.5. The minimum absolute atomic E-state index is 0.573. The zero-order chi connectivity index (χ0) is 70.0. The number of hydrogen-bond acceptors (Lipinski definition) is 8. The first-order valence-corrected chi connectivity index (χ1v) is 35.5. The van der Waals surface area contributed by atoms with Crippen LogP contribution in [0.3, 0.4) is 0 Å². The van der Waals surface area contributed by atoms with Crippen LogP contribution < -0.4 is 0 Å². The number of hydrogen-bond donors (Lipinski definition) is 0. The molecule has 21 aromatic rings. The minimum atomic E-state index is 0.573. The lowest BCUT2D eigenvalue weighted by Gasteiger charge is -2.15. The highest BCUT2D eigenvalue weighted by Gasteiger charge is 2.23. The molecule has 21 rings (SSSR count). The molecule has 0 N–H and O–H groups in total. The third-order valence-corrected chi connectivity index (χ3v) is 20.2. The van der Waals surface area contributed by atoms with E-state index in [0.29, 0.717) is 35.1 Å². The number of para-hydroxylation sites is 5. The Morgan fingerprint density at radius 1 is 0.179 bits per heavy atom. The van der Waals surface area contributed by atoms with Crippen LogP contribution in [-0.2, 0) is 0 Å². The Balaban J connectivity index is 0.000000141. The van der Waals surface area contributed by atoms with Crippen molar-refractivity contribution in [2.75, 3.05) is 0 Å². The smallest absolute Gasteiger partial charge is 0.238 e. The summed E-state index contributed by atoms with van der Waals surface area (Å²) in [5.74, 6) is 3.67. The van der Waals surface area contributed by atoms with Crippen LogP contribution in [0.25, 0.3) is 201 Å². The second-order valence-electron chi connectivity index (χ2n) is 26.5. The molecule has 15 aromatic carbocycles. The van der Waals surface area contributed by atoms with Gasteiger partial charge in [-0.25, -0.2) is 19.9 Å². The topological polar surface area (TPSA) is 113 Å². The van der Waals surface area contributed by atoms with Gasteiger partial charge in [-0.05, 0) is 129 Å². The van der Waals surface area contributed by atoms with E-state index in [9.17, 15) is 0 Å². The van der Waals surface area contributed by atoms with E-state index >= 15 is 0 Å². The Kier molecular flexibility index (Phi) is 15.0. The summed E-state index contributed by atoms with van der Waals surface area (Å²) in [6.07, 6.45) is 0. The number of rotatable bonds is 11. The van der Waals surface area contributed by atoms with E-state index in [-0.39, 0.29) is 0 Å². The average Bonchev–Trinajstić information content (AvgIpc) is 1.60. The average molecular weight is 1360 g/mol. The highest BCUT2D eigenvalue weighted by atomic mass is 16.3. The predicted molar refractivity (Wildman–Crippen MR) is 432 cm³/mol. The number of fused-ring (bicyclic) bond motifs is 12. The summed E-state index contributed by atoms with van der Waals surface area (Å²) >= 11 is 0. The maximum atomic E-state index is 6.27. The van der Waals surface area contributed by atoms with Gasteiger partial charge in [-0.3, -0.25) is 4.57 Å². The summed E-state index contributed by atoms with van der Waals surface area (Å²) in [6.45, 7) is 0. The molecule has 106 heavy (non-hydrogen) atoms. The van der Waals surface area contributed by atoms with E-state index < -0.39 is 0 Å². The monoisotopic (exact) mass is 1360 g/mol. The fourth-order valence-corrected chi connectivity index (χ4v) is 15.0. The quantitative estimate of drug-likeness (QED) is 0.126. The van der Waals surface area contributed by atoms with Crippen LogP contribution in [0.2, 0.25) is 0 Å². The first kappa shape index (κ1) is 61.4. The van der Waals surface area contributed by atoms with E-state index in [4.69, 9.17) is 38.7 Å². The van der Waals surface area contributed by atoms with Crippen LogP contribution in [0.5, 0.6) is 0 Å². The second kappa shape index (κ2) is 25.8. The maximum Gasteiger partial charge on any atom is 0.238 e. The highest BCUT2D eigenvalue weighted by Crippen LogP contribution is 2.42. The number of nitrogens with zero attached hydrogens (tertiary/aromatic N) is 8. The molecular weight excluding hydrogens is 1300 g/mol. The molecule has 6 aromatic heterocycles. The normalized spacial score (nSPS) is 11.6. The zero-order valence-corrected chi connectivity index (χ0v) is 57.0. The second-order valence-corrected chi connectivity index (χ2v) is 26.5. The Morgan fingerprint density at radius 3 is 0.962 bits per heavy atom. The van der Waals surface area contributed by atoms with Gasteiger partial charge < -0.3 is 13.4 Å². The van der Waals surface area contributed by atoms with Crippen molar-refractivity contribution < 1.29 is 8.83 Å². The van der Waals surface area contributed by atoms with Gasteiger partial charge in [0.05, 0.1) is 27.8 Å². The molecule has 0 saturated heterocycles. The van der Waals surface area contributed by atoms with Crippen LogP contribution in [0.1, 0.15) is 0 Å². The summed E-state index contributed by atoms with van der Waals surface area (Å²) in [5, 5.41) is 9.10. The van der Waals surface area contributed by atoms with Gasteiger partial charge in [-0.1, -0.05) is 279 Å². The molecule has 0 aliphatic carbocycles. The molecule has 0 fully saturated rings. The first-order chi connectivity index (χ1) is 52.5. The van der Waals surface area contributed by atoms with Crippen molar-refractivity contribution in [2.45, 2.75) is 0 Å². The molecule has 0 bridgehead atoms. The summed E-state index contributed by atoms with van der Waals surface area (Å²) in [7, 11) is 0. The number of aromatic nitrogens is 8. The van der Waals surface area contributed by atoms with Crippen LogP contribution >= 0.6 is 0 Å². The van der Waals surface area contributed by atoms with Gasteiger partial charge in [0.2, 0.25) is 5.95 Å². The minimum Gasteiger partial charge on any atom is -0.456 e. The Bertz CT molecular complexity index is 6930. The van der Waals surface area contributed by atoms with E-state index in [0.717, 1.165) is 149 Å². The van der Waals surface area contributed by atoms with Crippen LogP contribution in [0.4, 0.5) is 0 Å². The van der Waals surface area contributed by atoms with Gasteiger partial charge in [-0.2, -0.15) is 9.97 Å². The number of benzene rings is 15. The highest BCUT2D eigenvalue weighted by molar-refractivity contribution is 6.13. The number of furan rings is 2. The van der Waals surface area contributed by atoms with Crippen molar-refractivity contribution in [2.24, 2.45) is 0 Å². The van der Waals surface area contributed by atoms with Gasteiger partial charge in [-0.15, -0.1) is 0 Å². The van der Waals surface area contributed by atoms with Crippen molar-refractivity contribution >= 4 is 87.5 Å². The summed E-state index contributed by atoms with van der Waals surface area (Å²) in [4.78, 5) is 30.6. The van der Waals surface area contributed by atoms with Gasteiger partial charge in [0.25, 0.3) is 0 Å². The van der Waals surface area contributed by atoms with Crippen molar-refractivity contribution in [3.05, 3.63) is 364 Å². The van der Waals surface area contributed by atoms with E-state index in [1.165, 1.54) is 16.5 Å². The van der Waals surface area contributed by atoms with Gasteiger partial charge in [0.15, 0.2) is 29.1 Å². The predicted octanol–water partition coefficient (Wildman–Crippen LogP) is 24.7. The fourth-order valence-electron chi connectivity index (χ4n) is 15.0. The fraction of sp³-hybridized carbons (Fsp3) is 0. The molecule has 0 aliphatic heterocycles. The van der Waals surface area contributed by atoms with Crippen LogP contribution in [0, 0.1) is 0 Å². The lowest BCUT2D eigenvalue weighted by atomic mass is 10.0. The molecule has 6 heterocycles. The third-order valence-electron chi connectivity index (χ3n) is 20.2. The molecule has 0 spiro atoms. The molecule has 10 nitrogen and oxygen atoms in total. The largest absolute Gasteiger partial charge is 0.456 e. The van der Waals surface area contributed by atoms with Gasteiger partial charge in [0.1, 0.15) is 22.3 Å². The van der Waals surface area contributed by atoms with Crippen molar-refractivity contribution in [1.29, 1.82) is 0 Å². The molecule has 0 unspecified atom stereocenters. The molecule has 0 amide bonds. The van der Waals surface area contributed by atoms with Gasteiger partial charge in [0, 0.05) is 70.9 Å². The molecule has 0 saturated carbocycles. The Hall–Kier alpha value is -14.5. The van der Waals surface area contributed by atoms with Crippen LogP contribution in [0.15, 0.2) is 373 Å². The van der Waals surface area contributed by atoms with Crippen molar-refractivity contribution in [1.82, 2.24) is 39.0 Å². The third kappa shape index (κ3) is 11.0. The summed E-state index contributed by atoms with van der Waals surface area (Å²) in [6, 6.07) is 126. The van der Waals surface area contributed by atoms with E-state index in [2.05, 4.69) is 276 Å². The van der Waals surface area contributed by atoms with Crippen LogP contribution in [-0.4, -0.2) is 39.0 Å². The molecule has 496 valence electrons. The maximum absolute atomic E-state index is 6.27. The summed E-state index contributed by atoms with van der Waals surface area (Å²) < 4.78 is 17.0. The lowest BCUT2D eigenvalue weighted by molar-refractivity contribution is 0.668. The Labute approximate surface area is 608 Å².